The fourth-order valence-electron chi connectivity index (χ4n) is 1.46. The Labute approximate surface area is 83.2 Å². The zero-order valence-electron chi connectivity index (χ0n) is 8.34. The highest BCUT2D eigenvalue weighted by atomic mass is 16.5. The standard InChI is InChI=1S/C9H16N2O3/c1-14-8(12)6-11-9(13)7-2-4-10-5-3-7/h7,10H,2-6H2,1H3,(H,11,13). The topological polar surface area (TPSA) is 67.4 Å². The van der Waals surface area contributed by atoms with Gasteiger partial charge >= 0.3 is 5.97 Å². The van der Waals surface area contributed by atoms with E-state index >= 15 is 0 Å². The third kappa shape index (κ3) is 3.33. The predicted octanol–water partition coefficient (Wildman–Crippen LogP) is -0.725. The molecule has 0 radical (unpaired) electrons. The van der Waals surface area contributed by atoms with E-state index in [2.05, 4.69) is 15.4 Å². The Balaban J connectivity index is 2.23. The lowest BCUT2D eigenvalue weighted by atomic mass is 9.97. The van der Waals surface area contributed by atoms with Crippen LogP contribution in [0.3, 0.4) is 0 Å². The van der Waals surface area contributed by atoms with Crippen molar-refractivity contribution in [2.75, 3.05) is 26.7 Å². The first kappa shape index (κ1) is 11.0. The Morgan fingerprint density at radius 3 is 2.64 bits per heavy atom. The first-order valence-electron chi connectivity index (χ1n) is 4.79. The van der Waals surface area contributed by atoms with Crippen molar-refractivity contribution in [1.29, 1.82) is 0 Å². The van der Waals surface area contributed by atoms with Crippen LogP contribution in [0, 0.1) is 5.92 Å². The zero-order valence-corrected chi connectivity index (χ0v) is 8.34. The molecule has 2 N–H and O–H groups in total. The number of hydrogen-bond acceptors (Lipinski definition) is 4. The van der Waals surface area contributed by atoms with Crippen LogP contribution in [0.15, 0.2) is 0 Å². The number of rotatable bonds is 3. The van der Waals surface area contributed by atoms with Crippen molar-refractivity contribution in [3.63, 3.8) is 0 Å². The number of esters is 1. The summed E-state index contributed by atoms with van der Waals surface area (Å²) in [4.78, 5) is 22.2. The van der Waals surface area contributed by atoms with Gasteiger partial charge in [-0.15, -0.1) is 0 Å². The summed E-state index contributed by atoms with van der Waals surface area (Å²) in [6, 6.07) is 0. The highest BCUT2D eigenvalue weighted by Crippen LogP contribution is 2.10. The number of carbonyl (C=O) groups excluding carboxylic acids is 2. The fourth-order valence-corrected chi connectivity index (χ4v) is 1.46. The summed E-state index contributed by atoms with van der Waals surface area (Å²) in [6.07, 6.45) is 1.68. The van der Waals surface area contributed by atoms with Gasteiger partial charge in [0.15, 0.2) is 0 Å². The minimum absolute atomic E-state index is 0.0285. The van der Waals surface area contributed by atoms with Gasteiger partial charge in [0, 0.05) is 5.92 Å². The molecular weight excluding hydrogens is 184 g/mol. The number of carbonyl (C=O) groups is 2. The lowest BCUT2D eigenvalue weighted by molar-refractivity contribution is -0.141. The summed E-state index contributed by atoms with van der Waals surface area (Å²) in [7, 11) is 1.30. The van der Waals surface area contributed by atoms with Gasteiger partial charge in [-0.2, -0.15) is 0 Å². The molecule has 14 heavy (non-hydrogen) atoms. The van der Waals surface area contributed by atoms with E-state index in [1.54, 1.807) is 0 Å². The molecule has 1 rings (SSSR count). The Kier molecular flexibility index (Phi) is 4.39. The minimum atomic E-state index is -0.410. The van der Waals surface area contributed by atoms with E-state index in [1.807, 2.05) is 0 Å². The average molecular weight is 200 g/mol. The molecule has 1 heterocycles. The van der Waals surface area contributed by atoms with Crippen LogP contribution in [-0.4, -0.2) is 38.6 Å². The molecule has 1 fully saturated rings. The molecule has 1 saturated heterocycles. The zero-order chi connectivity index (χ0) is 10.4. The molecule has 0 spiro atoms. The summed E-state index contributed by atoms with van der Waals surface area (Å²) >= 11 is 0. The first-order chi connectivity index (χ1) is 6.74. The maximum absolute atomic E-state index is 11.5. The molecule has 0 aromatic heterocycles. The van der Waals surface area contributed by atoms with Crippen LogP contribution in [0.25, 0.3) is 0 Å². The van der Waals surface area contributed by atoms with Gasteiger partial charge in [-0.3, -0.25) is 9.59 Å². The number of nitrogens with one attached hydrogen (secondary N) is 2. The molecule has 0 atom stereocenters. The molecule has 0 bridgehead atoms. The van der Waals surface area contributed by atoms with Gasteiger partial charge in [-0.05, 0) is 25.9 Å². The highest BCUT2D eigenvalue weighted by Gasteiger charge is 2.20. The minimum Gasteiger partial charge on any atom is -0.468 e. The van der Waals surface area contributed by atoms with Crippen LogP contribution in [0.4, 0.5) is 0 Å². The predicted molar refractivity (Wildman–Crippen MR) is 50.6 cm³/mol. The summed E-state index contributed by atoms with van der Waals surface area (Å²) in [5, 5.41) is 5.74. The molecule has 1 amide bonds. The summed E-state index contributed by atoms with van der Waals surface area (Å²) in [5.41, 5.74) is 0. The Morgan fingerprint density at radius 1 is 1.43 bits per heavy atom. The lowest BCUT2D eigenvalue weighted by Crippen LogP contribution is -2.40. The maximum Gasteiger partial charge on any atom is 0.325 e. The van der Waals surface area contributed by atoms with Crippen LogP contribution in [0.2, 0.25) is 0 Å². The van der Waals surface area contributed by atoms with E-state index in [4.69, 9.17) is 0 Å². The molecule has 80 valence electrons. The molecule has 0 aromatic carbocycles. The quantitative estimate of drug-likeness (QED) is 0.590. The van der Waals surface area contributed by atoms with Gasteiger partial charge in [0.1, 0.15) is 6.54 Å². The largest absolute Gasteiger partial charge is 0.468 e. The van der Waals surface area contributed by atoms with Crippen molar-refractivity contribution in [2.24, 2.45) is 5.92 Å². The molecule has 0 saturated carbocycles. The number of methoxy groups -OCH3 is 1. The van der Waals surface area contributed by atoms with Crippen molar-refractivity contribution >= 4 is 11.9 Å². The SMILES string of the molecule is COC(=O)CNC(=O)C1CCNCC1. The van der Waals surface area contributed by atoms with Gasteiger partial charge in [0.2, 0.25) is 5.91 Å². The molecule has 0 unspecified atom stereocenters. The van der Waals surface area contributed by atoms with Crippen LogP contribution >= 0.6 is 0 Å². The van der Waals surface area contributed by atoms with Gasteiger partial charge in [-0.1, -0.05) is 0 Å². The second-order valence-electron chi connectivity index (χ2n) is 3.32. The summed E-state index contributed by atoms with van der Waals surface area (Å²) < 4.78 is 4.42. The second-order valence-corrected chi connectivity index (χ2v) is 3.32. The summed E-state index contributed by atoms with van der Waals surface area (Å²) in [6.45, 7) is 1.71. The van der Waals surface area contributed by atoms with Crippen molar-refractivity contribution < 1.29 is 14.3 Å². The number of amides is 1. The molecule has 5 nitrogen and oxygen atoms in total. The van der Waals surface area contributed by atoms with E-state index in [1.165, 1.54) is 7.11 Å². The van der Waals surface area contributed by atoms with Gasteiger partial charge in [0.05, 0.1) is 7.11 Å². The molecule has 5 heteroatoms. The van der Waals surface area contributed by atoms with E-state index in [0.717, 1.165) is 25.9 Å². The second kappa shape index (κ2) is 5.59. The first-order valence-corrected chi connectivity index (χ1v) is 4.79. The molecular formula is C9H16N2O3. The normalized spacial score (nSPS) is 17.5. The van der Waals surface area contributed by atoms with Crippen molar-refractivity contribution in [2.45, 2.75) is 12.8 Å². The Hall–Kier alpha value is -1.10. The van der Waals surface area contributed by atoms with Gasteiger partial charge in [-0.25, -0.2) is 0 Å². The monoisotopic (exact) mass is 200 g/mol. The van der Waals surface area contributed by atoms with Gasteiger partial charge < -0.3 is 15.4 Å². The molecule has 0 aromatic rings. The number of hydrogen-bond donors (Lipinski definition) is 2. The third-order valence-electron chi connectivity index (χ3n) is 2.34. The van der Waals surface area contributed by atoms with Crippen LogP contribution < -0.4 is 10.6 Å². The van der Waals surface area contributed by atoms with Crippen molar-refractivity contribution in [3.05, 3.63) is 0 Å². The molecule has 1 aliphatic rings. The lowest BCUT2D eigenvalue weighted by Gasteiger charge is -2.21. The van der Waals surface area contributed by atoms with Crippen LogP contribution in [-0.2, 0) is 14.3 Å². The van der Waals surface area contributed by atoms with Crippen LogP contribution in [0.1, 0.15) is 12.8 Å². The highest BCUT2D eigenvalue weighted by molar-refractivity contribution is 5.83. The molecule has 0 aliphatic carbocycles. The van der Waals surface area contributed by atoms with E-state index in [9.17, 15) is 9.59 Å². The molecule has 1 aliphatic heterocycles. The smallest absolute Gasteiger partial charge is 0.325 e. The fraction of sp³-hybridized carbons (Fsp3) is 0.778. The van der Waals surface area contributed by atoms with Gasteiger partial charge in [0.25, 0.3) is 0 Å². The van der Waals surface area contributed by atoms with Crippen molar-refractivity contribution in [3.8, 4) is 0 Å². The maximum atomic E-state index is 11.5. The van der Waals surface area contributed by atoms with E-state index in [0.29, 0.717) is 0 Å². The van der Waals surface area contributed by atoms with E-state index < -0.39 is 5.97 Å². The average Bonchev–Trinajstić information content (AvgIpc) is 2.26. The summed E-state index contributed by atoms with van der Waals surface area (Å²) in [5.74, 6) is -0.412. The van der Waals surface area contributed by atoms with Crippen LogP contribution in [0.5, 0.6) is 0 Å². The number of piperidine rings is 1. The van der Waals surface area contributed by atoms with Crippen molar-refractivity contribution in [1.82, 2.24) is 10.6 Å². The Bertz CT molecular complexity index is 212. The number of ether oxygens (including phenoxy) is 1. The van der Waals surface area contributed by atoms with E-state index in [-0.39, 0.29) is 18.4 Å². The Morgan fingerprint density at radius 2 is 2.07 bits per heavy atom. The third-order valence-corrected chi connectivity index (χ3v) is 2.34.